The molecule has 25 heavy (non-hydrogen) atoms. The van der Waals surface area contributed by atoms with E-state index in [9.17, 15) is 4.79 Å². The highest BCUT2D eigenvalue weighted by atomic mass is 32.1. The van der Waals surface area contributed by atoms with Crippen molar-refractivity contribution in [3.63, 3.8) is 0 Å². The number of hydrogen-bond donors (Lipinski definition) is 0. The number of amides is 1. The van der Waals surface area contributed by atoms with Gasteiger partial charge in [0.2, 0.25) is 5.89 Å². The number of methoxy groups -OCH3 is 1. The molecule has 0 aliphatic heterocycles. The van der Waals surface area contributed by atoms with Crippen LogP contribution in [0.25, 0.3) is 10.8 Å². The first-order chi connectivity index (χ1) is 12.2. The second-order valence-corrected chi connectivity index (χ2v) is 6.51. The van der Waals surface area contributed by atoms with Crippen LogP contribution in [0, 0.1) is 6.92 Å². The van der Waals surface area contributed by atoms with E-state index in [4.69, 9.17) is 9.15 Å². The lowest BCUT2D eigenvalue weighted by molar-refractivity contribution is 0.0663. The zero-order valence-corrected chi connectivity index (χ0v) is 15.0. The molecule has 2 aromatic heterocycles. The van der Waals surface area contributed by atoms with Crippen molar-refractivity contribution in [2.45, 2.75) is 13.5 Å². The maximum absolute atomic E-state index is 12.8. The molecule has 2 heterocycles. The highest BCUT2D eigenvalue weighted by Crippen LogP contribution is 2.23. The molecule has 0 atom stereocenters. The van der Waals surface area contributed by atoms with Crippen molar-refractivity contribution in [3.05, 3.63) is 58.8 Å². The van der Waals surface area contributed by atoms with Crippen molar-refractivity contribution in [2.75, 3.05) is 20.3 Å². The quantitative estimate of drug-likeness (QED) is 0.648. The van der Waals surface area contributed by atoms with Gasteiger partial charge in [0.05, 0.1) is 18.0 Å². The molecule has 0 bridgehead atoms. The summed E-state index contributed by atoms with van der Waals surface area (Å²) in [6, 6.07) is 11.4. The molecule has 0 unspecified atom stereocenters. The standard InChI is InChI=1S/C18H19N3O3S/c1-13-5-3-6-14(11-13)18(22)21(8-9-23-2)12-16-19-20-17(24-16)15-7-4-10-25-15/h3-7,10-11H,8-9,12H2,1-2H3. The SMILES string of the molecule is COCCN(Cc1nnc(-c2cccs2)o1)C(=O)c1cccc(C)c1. The van der Waals surface area contributed by atoms with Gasteiger partial charge in [-0.15, -0.1) is 21.5 Å². The number of ether oxygens (including phenoxy) is 1. The van der Waals surface area contributed by atoms with Crippen molar-refractivity contribution < 1.29 is 13.9 Å². The van der Waals surface area contributed by atoms with Crippen LogP contribution in [-0.2, 0) is 11.3 Å². The van der Waals surface area contributed by atoms with Gasteiger partial charge in [-0.25, -0.2) is 0 Å². The normalized spacial score (nSPS) is 10.8. The highest BCUT2D eigenvalue weighted by molar-refractivity contribution is 7.13. The van der Waals surface area contributed by atoms with E-state index in [-0.39, 0.29) is 12.5 Å². The van der Waals surface area contributed by atoms with E-state index in [1.54, 1.807) is 18.1 Å². The lowest BCUT2D eigenvalue weighted by Crippen LogP contribution is -2.33. The Morgan fingerprint density at radius 2 is 2.16 bits per heavy atom. The van der Waals surface area contributed by atoms with Crippen LogP contribution < -0.4 is 0 Å². The fourth-order valence-electron chi connectivity index (χ4n) is 2.40. The maximum atomic E-state index is 12.8. The predicted molar refractivity (Wildman–Crippen MR) is 95.4 cm³/mol. The van der Waals surface area contributed by atoms with E-state index in [1.807, 2.05) is 42.6 Å². The predicted octanol–water partition coefficient (Wildman–Crippen LogP) is 3.40. The molecule has 1 aromatic carbocycles. The Morgan fingerprint density at radius 1 is 1.28 bits per heavy atom. The van der Waals surface area contributed by atoms with Gasteiger partial charge in [-0.1, -0.05) is 23.8 Å². The maximum Gasteiger partial charge on any atom is 0.257 e. The summed E-state index contributed by atoms with van der Waals surface area (Å²) in [6.45, 7) is 3.08. The minimum absolute atomic E-state index is 0.0865. The van der Waals surface area contributed by atoms with Crippen molar-refractivity contribution in [3.8, 4) is 10.8 Å². The average Bonchev–Trinajstić information content (AvgIpc) is 3.29. The first kappa shape index (κ1) is 17.3. The molecule has 0 N–H and O–H groups in total. The molecular formula is C18H19N3O3S. The van der Waals surface area contributed by atoms with E-state index < -0.39 is 0 Å². The van der Waals surface area contributed by atoms with Crippen LogP contribution in [0.2, 0.25) is 0 Å². The van der Waals surface area contributed by atoms with Crippen LogP contribution in [0.15, 0.2) is 46.2 Å². The monoisotopic (exact) mass is 357 g/mol. The number of aromatic nitrogens is 2. The van der Waals surface area contributed by atoms with Crippen LogP contribution in [-0.4, -0.2) is 41.3 Å². The average molecular weight is 357 g/mol. The third-order valence-corrected chi connectivity index (χ3v) is 4.50. The van der Waals surface area contributed by atoms with Crippen molar-refractivity contribution in [1.82, 2.24) is 15.1 Å². The third-order valence-electron chi connectivity index (χ3n) is 3.64. The molecule has 3 rings (SSSR count). The van der Waals surface area contributed by atoms with Gasteiger partial charge in [-0.3, -0.25) is 4.79 Å². The number of carbonyl (C=O) groups is 1. The lowest BCUT2D eigenvalue weighted by atomic mass is 10.1. The Bertz CT molecular complexity index is 830. The van der Waals surface area contributed by atoms with Crippen LogP contribution >= 0.6 is 11.3 Å². The summed E-state index contributed by atoms with van der Waals surface area (Å²) in [5, 5.41) is 10.1. The summed E-state index contributed by atoms with van der Waals surface area (Å²) < 4.78 is 10.8. The third kappa shape index (κ3) is 4.32. The molecule has 0 saturated carbocycles. The fourth-order valence-corrected chi connectivity index (χ4v) is 3.04. The topological polar surface area (TPSA) is 68.5 Å². The molecule has 0 fully saturated rings. The van der Waals surface area contributed by atoms with Gasteiger partial charge in [0.25, 0.3) is 11.8 Å². The number of benzene rings is 1. The van der Waals surface area contributed by atoms with E-state index in [0.29, 0.717) is 30.5 Å². The van der Waals surface area contributed by atoms with E-state index in [0.717, 1.165) is 10.4 Å². The van der Waals surface area contributed by atoms with E-state index in [1.165, 1.54) is 11.3 Å². The van der Waals surface area contributed by atoms with E-state index >= 15 is 0 Å². The molecule has 7 heteroatoms. The molecule has 0 spiro atoms. The smallest absolute Gasteiger partial charge is 0.257 e. The highest BCUT2D eigenvalue weighted by Gasteiger charge is 2.19. The fraction of sp³-hybridized carbons (Fsp3) is 0.278. The van der Waals surface area contributed by atoms with Crippen molar-refractivity contribution in [1.29, 1.82) is 0 Å². The minimum atomic E-state index is -0.0865. The summed E-state index contributed by atoms with van der Waals surface area (Å²) >= 11 is 1.53. The summed E-state index contributed by atoms with van der Waals surface area (Å²) in [6.07, 6.45) is 0. The zero-order valence-electron chi connectivity index (χ0n) is 14.1. The number of hydrogen-bond acceptors (Lipinski definition) is 6. The molecule has 130 valence electrons. The molecule has 0 aliphatic rings. The molecule has 0 aliphatic carbocycles. The van der Waals surface area contributed by atoms with Gasteiger partial charge in [0.15, 0.2) is 0 Å². The Balaban J connectivity index is 1.78. The second kappa shape index (κ2) is 8.04. The number of thiophene rings is 1. The molecule has 3 aromatic rings. The number of nitrogens with zero attached hydrogens (tertiary/aromatic N) is 3. The van der Waals surface area contributed by atoms with Crippen LogP contribution in [0.3, 0.4) is 0 Å². The number of aryl methyl sites for hydroxylation is 1. The first-order valence-corrected chi connectivity index (χ1v) is 8.76. The Kier molecular flexibility index (Phi) is 5.57. The zero-order chi connectivity index (χ0) is 17.6. The van der Waals surface area contributed by atoms with Gasteiger partial charge in [-0.2, -0.15) is 0 Å². The van der Waals surface area contributed by atoms with Crippen molar-refractivity contribution >= 4 is 17.2 Å². The van der Waals surface area contributed by atoms with Crippen LogP contribution in [0.1, 0.15) is 21.8 Å². The van der Waals surface area contributed by atoms with E-state index in [2.05, 4.69) is 10.2 Å². The summed E-state index contributed by atoms with van der Waals surface area (Å²) in [5.74, 6) is 0.789. The Morgan fingerprint density at radius 3 is 2.88 bits per heavy atom. The van der Waals surface area contributed by atoms with Gasteiger partial charge >= 0.3 is 0 Å². The van der Waals surface area contributed by atoms with Gasteiger partial charge in [0.1, 0.15) is 0 Å². The summed E-state index contributed by atoms with van der Waals surface area (Å²) in [7, 11) is 1.61. The summed E-state index contributed by atoms with van der Waals surface area (Å²) in [4.78, 5) is 15.4. The minimum Gasteiger partial charge on any atom is -0.418 e. The molecule has 0 radical (unpaired) electrons. The molecule has 0 saturated heterocycles. The largest absolute Gasteiger partial charge is 0.418 e. The Labute approximate surface area is 150 Å². The van der Waals surface area contributed by atoms with Crippen LogP contribution in [0.4, 0.5) is 0 Å². The number of carbonyl (C=O) groups excluding carboxylic acids is 1. The summed E-state index contributed by atoms with van der Waals surface area (Å²) in [5.41, 5.74) is 1.67. The van der Waals surface area contributed by atoms with Crippen molar-refractivity contribution in [2.24, 2.45) is 0 Å². The van der Waals surface area contributed by atoms with Gasteiger partial charge in [-0.05, 0) is 30.5 Å². The Hall–Kier alpha value is -2.51. The lowest BCUT2D eigenvalue weighted by Gasteiger charge is -2.20. The molecule has 6 nitrogen and oxygen atoms in total. The molecular weight excluding hydrogens is 338 g/mol. The van der Waals surface area contributed by atoms with Gasteiger partial charge in [0, 0.05) is 19.2 Å². The first-order valence-electron chi connectivity index (χ1n) is 7.88. The van der Waals surface area contributed by atoms with Crippen LogP contribution in [0.5, 0.6) is 0 Å². The number of rotatable bonds is 7. The molecule has 1 amide bonds. The second-order valence-electron chi connectivity index (χ2n) is 5.57. The van der Waals surface area contributed by atoms with Gasteiger partial charge < -0.3 is 14.1 Å².